The van der Waals surface area contributed by atoms with Crippen LogP contribution in [-0.4, -0.2) is 35.8 Å². The number of nitrogens with zero attached hydrogens (tertiary/aromatic N) is 1. The van der Waals surface area contributed by atoms with E-state index in [1.165, 1.54) is 55.7 Å². The maximum atomic E-state index is 12.4. The SMILES string of the molecule is CC(NC(=O)c1ccc(Br)s1)C(=O)NCc1cccc(CN2CCCCCC2)c1. The zero-order chi connectivity index (χ0) is 20.6. The Morgan fingerprint density at radius 3 is 2.52 bits per heavy atom. The number of carbonyl (C=O) groups is 2. The van der Waals surface area contributed by atoms with Crippen LogP contribution in [0.1, 0.15) is 53.4 Å². The van der Waals surface area contributed by atoms with Gasteiger partial charge in [-0.2, -0.15) is 0 Å². The van der Waals surface area contributed by atoms with Crippen LogP contribution >= 0.6 is 27.3 Å². The van der Waals surface area contributed by atoms with E-state index < -0.39 is 6.04 Å². The molecule has 156 valence electrons. The minimum atomic E-state index is -0.594. The van der Waals surface area contributed by atoms with Gasteiger partial charge in [-0.3, -0.25) is 14.5 Å². The number of hydrogen-bond donors (Lipinski definition) is 2. The monoisotopic (exact) mass is 477 g/mol. The van der Waals surface area contributed by atoms with Crippen molar-refractivity contribution in [3.05, 3.63) is 56.2 Å². The maximum absolute atomic E-state index is 12.4. The quantitative estimate of drug-likeness (QED) is 0.623. The summed E-state index contributed by atoms with van der Waals surface area (Å²) in [6.45, 7) is 5.45. The lowest BCUT2D eigenvalue weighted by Crippen LogP contribution is -2.44. The maximum Gasteiger partial charge on any atom is 0.262 e. The summed E-state index contributed by atoms with van der Waals surface area (Å²) in [6.07, 6.45) is 5.23. The lowest BCUT2D eigenvalue weighted by molar-refractivity contribution is -0.122. The summed E-state index contributed by atoms with van der Waals surface area (Å²) in [4.78, 5) is 27.7. The first-order valence-corrected chi connectivity index (χ1v) is 11.8. The number of rotatable bonds is 7. The summed E-state index contributed by atoms with van der Waals surface area (Å²) in [5.74, 6) is -0.422. The molecule has 1 atom stereocenters. The summed E-state index contributed by atoms with van der Waals surface area (Å²) in [6, 6.07) is 11.4. The van der Waals surface area contributed by atoms with Gasteiger partial charge in [0.1, 0.15) is 6.04 Å². The average molecular weight is 478 g/mol. The van der Waals surface area contributed by atoms with Gasteiger partial charge in [0.2, 0.25) is 5.91 Å². The van der Waals surface area contributed by atoms with Gasteiger partial charge in [0, 0.05) is 13.1 Å². The Labute approximate surface area is 185 Å². The van der Waals surface area contributed by atoms with Crippen molar-refractivity contribution < 1.29 is 9.59 Å². The predicted molar refractivity (Wildman–Crippen MR) is 121 cm³/mol. The van der Waals surface area contributed by atoms with E-state index in [2.05, 4.69) is 49.7 Å². The van der Waals surface area contributed by atoms with Crippen molar-refractivity contribution in [2.75, 3.05) is 13.1 Å². The molecule has 2 amide bonds. The van der Waals surface area contributed by atoms with Gasteiger partial charge in [-0.25, -0.2) is 0 Å². The van der Waals surface area contributed by atoms with Crippen molar-refractivity contribution in [1.82, 2.24) is 15.5 Å². The number of amides is 2. The van der Waals surface area contributed by atoms with Crippen LogP contribution in [0.3, 0.4) is 0 Å². The highest BCUT2D eigenvalue weighted by Gasteiger charge is 2.17. The fourth-order valence-corrected chi connectivity index (χ4v) is 4.79. The molecule has 0 saturated carbocycles. The molecule has 0 aliphatic carbocycles. The Hall–Kier alpha value is -1.70. The minimum Gasteiger partial charge on any atom is -0.350 e. The highest BCUT2D eigenvalue weighted by Crippen LogP contribution is 2.22. The van der Waals surface area contributed by atoms with Crippen LogP contribution in [0.25, 0.3) is 0 Å². The van der Waals surface area contributed by atoms with E-state index in [1.54, 1.807) is 13.0 Å². The second-order valence-electron chi connectivity index (χ2n) is 7.53. The molecule has 2 N–H and O–H groups in total. The fraction of sp³-hybridized carbons (Fsp3) is 0.455. The molecule has 0 radical (unpaired) electrons. The summed E-state index contributed by atoms with van der Waals surface area (Å²) < 4.78 is 0.889. The zero-order valence-corrected chi connectivity index (χ0v) is 19.2. The van der Waals surface area contributed by atoms with Crippen LogP contribution < -0.4 is 10.6 Å². The Morgan fingerprint density at radius 2 is 1.83 bits per heavy atom. The van der Waals surface area contributed by atoms with Crippen molar-refractivity contribution in [3.63, 3.8) is 0 Å². The fourth-order valence-electron chi connectivity index (χ4n) is 3.50. The van der Waals surface area contributed by atoms with Gasteiger partial charge in [-0.05, 0) is 72.0 Å². The van der Waals surface area contributed by atoms with Crippen molar-refractivity contribution in [2.24, 2.45) is 0 Å². The molecule has 1 fully saturated rings. The molecule has 1 aliphatic rings. The van der Waals surface area contributed by atoms with Gasteiger partial charge < -0.3 is 10.6 Å². The number of hydrogen-bond acceptors (Lipinski definition) is 4. The number of likely N-dealkylation sites (tertiary alicyclic amines) is 1. The Kier molecular flexibility index (Phi) is 8.27. The third-order valence-electron chi connectivity index (χ3n) is 5.10. The van der Waals surface area contributed by atoms with E-state index >= 15 is 0 Å². The summed E-state index contributed by atoms with van der Waals surface area (Å²) in [5.41, 5.74) is 2.36. The van der Waals surface area contributed by atoms with E-state index in [-0.39, 0.29) is 11.8 Å². The lowest BCUT2D eigenvalue weighted by Gasteiger charge is -2.20. The molecule has 7 heteroatoms. The van der Waals surface area contributed by atoms with Crippen LogP contribution in [0.5, 0.6) is 0 Å². The van der Waals surface area contributed by atoms with Crippen LogP contribution in [-0.2, 0) is 17.9 Å². The van der Waals surface area contributed by atoms with Gasteiger partial charge in [-0.15, -0.1) is 11.3 Å². The first-order chi connectivity index (χ1) is 14.0. The van der Waals surface area contributed by atoms with Gasteiger partial charge in [0.05, 0.1) is 8.66 Å². The van der Waals surface area contributed by atoms with E-state index in [1.807, 2.05) is 12.1 Å². The Bertz CT molecular complexity index is 831. The standard InChI is InChI=1S/C22H28BrN3O2S/c1-16(25-22(28)19-9-10-20(23)29-19)21(27)24-14-17-7-6-8-18(13-17)15-26-11-4-2-3-5-12-26/h6-10,13,16H,2-5,11-12,14-15H2,1H3,(H,24,27)(H,25,28). The summed E-state index contributed by atoms with van der Waals surface area (Å²) in [5, 5.41) is 5.68. The molecule has 1 aromatic carbocycles. The third-order valence-corrected chi connectivity index (χ3v) is 6.72. The van der Waals surface area contributed by atoms with E-state index in [0.29, 0.717) is 11.4 Å². The highest BCUT2D eigenvalue weighted by molar-refractivity contribution is 9.11. The first-order valence-electron chi connectivity index (χ1n) is 10.2. The Balaban J connectivity index is 1.48. The first kappa shape index (κ1) is 22.0. The topological polar surface area (TPSA) is 61.4 Å². The number of benzene rings is 1. The van der Waals surface area contributed by atoms with E-state index in [0.717, 1.165) is 15.9 Å². The molecule has 1 unspecified atom stereocenters. The average Bonchev–Trinajstić information content (AvgIpc) is 2.99. The molecular formula is C22H28BrN3O2S. The molecule has 2 aromatic rings. The van der Waals surface area contributed by atoms with Crippen LogP contribution in [0.4, 0.5) is 0 Å². The van der Waals surface area contributed by atoms with Gasteiger partial charge in [-0.1, -0.05) is 37.1 Å². The molecule has 1 aliphatic heterocycles. The number of nitrogens with one attached hydrogen (secondary N) is 2. The van der Waals surface area contributed by atoms with Crippen LogP contribution in [0.2, 0.25) is 0 Å². The largest absolute Gasteiger partial charge is 0.350 e. The molecule has 29 heavy (non-hydrogen) atoms. The number of carbonyl (C=O) groups excluding carboxylic acids is 2. The number of thiophene rings is 1. The van der Waals surface area contributed by atoms with Gasteiger partial charge in [0.25, 0.3) is 5.91 Å². The molecule has 0 bridgehead atoms. The third kappa shape index (κ3) is 6.94. The Morgan fingerprint density at radius 1 is 1.10 bits per heavy atom. The van der Waals surface area contributed by atoms with Crippen molar-refractivity contribution in [3.8, 4) is 0 Å². The molecule has 5 nitrogen and oxygen atoms in total. The molecule has 1 aromatic heterocycles. The van der Waals surface area contributed by atoms with Crippen LogP contribution in [0.15, 0.2) is 40.2 Å². The second-order valence-corrected chi connectivity index (χ2v) is 9.99. The molecule has 3 rings (SSSR count). The van der Waals surface area contributed by atoms with Gasteiger partial charge >= 0.3 is 0 Å². The highest BCUT2D eigenvalue weighted by atomic mass is 79.9. The molecular weight excluding hydrogens is 450 g/mol. The summed E-state index contributed by atoms with van der Waals surface area (Å²) in [7, 11) is 0. The van der Waals surface area contributed by atoms with Crippen LogP contribution in [0, 0.1) is 0 Å². The van der Waals surface area contributed by atoms with E-state index in [4.69, 9.17) is 0 Å². The minimum absolute atomic E-state index is 0.188. The molecule has 1 saturated heterocycles. The summed E-state index contributed by atoms with van der Waals surface area (Å²) >= 11 is 4.69. The smallest absolute Gasteiger partial charge is 0.262 e. The van der Waals surface area contributed by atoms with E-state index in [9.17, 15) is 9.59 Å². The van der Waals surface area contributed by atoms with Crippen molar-refractivity contribution in [1.29, 1.82) is 0 Å². The molecule has 0 spiro atoms. The lowest BCUT2D eigenvalue weighted by atomic mass is 10.1. The second kappa shape index (κ2) is 10.9. The zero-order valence-electron chi connectivity index (χ0n) is 16.7. The predicted octanol–water partition coefficient (Wildman–Crippen LogP) is 4.32. The normalized spacial score (nSPS) is 16.1. The van der Waals surface area contributed by atoms with Crippen molar-refractivity contribution >= 4 is 39.1 Å². The van der Waals surface area contributed by atoms with Gasteiger partial charge in [0.15, 0.2) is 0 Å². The van der Waals surface area contributed by atoms with Crippen molar-refractivity contribution in [2.45, 2.75) is 51.7 Å². The molecule has 2 heterocycles. The number of halogens is 1.